The highest BCUT2D eigenvalue weighted by molar-refractivity contribution is 5.95. The molecule has 2 aromatic carbocycles. The van der Waals surface area contributed by atoms with Gasteiger partial charge in [-0.05, 0) is 41.2 Å². The number of anilines is 1. The van der Waals surface area contributed by atoms with Crippen LogP contribution in [0.3, 0.4) is 0 Å². The van der Waals surface area contributed by atoms with Gasteiger partial charge >= 0.3 is 0 Å². The first-order valence-electron chi connectivity index (χ1n) is 9.00. The Bertz CT molecular complexity index is 784. The van der Waals surface area contributed by atoms with E-state index in [2.05, 4.69) is 35.9 Å². The smallest absolute Gasteiger partial charge is 0.243 e. The molecule has 0 aliphatic carbocycles. The average Bonchev–Trinajstić information content (AvgIpc) is 2.66. The molecule has 0 saturated heterocycles. The van der Waals surface area contributed by atoms with Crippen LogP contribution < -0.4 is 16.0 Å². The lowest BCUT2D eigenvalue weighted by Crippen LogP contribution is -2.49. The number of rotatable bonds is 5. The van der Waals surface area contributed by atoms with E-state index in [1.165, 1.54) is 16.7 Å². The molecule has 26 heavy (non-hydrogen) atoms. The molecule has 0 aromatic heterocycles. The monoisotopic (exact) mass is 351 g/mol. The standard InChI is InChI=1S/C21H25N3O2/c1-14(2)15-7-9-18(10-8-15)24-20(25)13-23-21(26)19-11-16-5-3-4-6-17(16)12-22-19/h3-10,14,19,22H,11-13H2,1-2H3,(H,23,26)(H,24,25). The van der Waals surface area contributed by atoms with Crippen LogP contribution in [0.1, 0.15) is 36.5 Å². The highest BCUT2D eigenvalue weighted by atomic mass is 16.2. The molecule has 1 atom stereocenters. The van der Waals surface area contributed by atoms with E-state index in [9.17, 15) is 9.59 Å². The molecule has 1 unspecified atom stereocenters. The van der Waals surface area contributed by atoms with E-state index in [1.807, 2.05) is 42.5 Å². The molecule has 0 fully saturated rings. The van der Waals surface area contributed by atoms with Gasteiger partial charge in [0.1, 0.15) is 0 Å². The van der Waals surface area contributed by atoms with Crippen LogP contribution in [0.15, 0.2) is 48.5 Å². The van der Waals surface area contributed by atoms with Gasteiger partial charge in [0.2, 0.25) is 11.8 Å². The lowest BCUT2D eigenvalue weighted by atomic mass is 9.95. The van der Waals surface area contributed by atoms with Gasteiger partial charge in [-0.1, -0.05) is 50.2 Å². The second kappa shape index (κ2) is 8.15. The topological polar surface area (TPSA) is 70.2 Å². The van der Waals surface area contributed by atoms with E-state index in [-0.39, 0.29) is 24.4 Å². The number of hydrogen-bond acceptors (Lipinski definition) is 3. The minimum absolute atomic E-state index is 0.0371. The Labute approximate surface area is 154 Å². The molecule has 5 heteroatoms. The van der Waals surface area contributed by atoms with Crippen molar-refractivity contribution in [2.24, 2.45) is 0 Å². The minimum Gasteiger partial charge on any atom is -0.346 e. The Hall–Kier alpha value is -2.66. The maximum absolute atomic E-state index is 12.3. The van der Waals surface area contributed by atoms with Crippen LogP contribution in [0.25, 0.3) is 0 Å². The zero-order valence-electron chi connectivity index (χ0n) is 15.2. The van der Waals surface area contributed by atoms with Crippen molar-refractivity contribution < 1.29 is 9.59 Å². The fourth-order valence-electron chi connectivity index (χ4n) is 3.09. The van der Waals surface area contributed by atoms with Crippen molar-refractivity contribution in [2.45, 2.75) is 38.8 Å². The third kappa shape index (κ3) is 4.49. The Kier molecular flexibility index (Phi) is 5.68. The third-order valence-corrected chi connectivity index (χ3v) is 4.68. The van der Waals surface area contributed by atoms with Crippen molar-refractivity contribution >= 4 is 17.5 Å². The zero-order valence-corrected chi connectivity index (χ0v) is 15.2. The first-order chi connectivity index (χ1) is 12.5. The largest absolute Gasteiger partial charge is 0.346 e. The quantitative estimate of drug-likeness (QED) is 0.775. The van der Waals surface area contributed by atoms with Gasteiger partial charge in [-0.25, -0.2) is 0 Å². The molecule has 2 aromatic rings. The molecule has 0 radical (unpaired) electrons. The maximum atomic E-state index is 12.3. The highest BCUT2D eigenvalue weighted by Crippen LogP contribution is 2.17. The van der Waals surface area contributed by atoms with Gasteiger partial charge in [0.05, 0.1) is 12.6 Å². The number of benzene rings is 2. The molecule has 1 aliphatic rings. The van der Waals surface area contributed by atoms with Crippen molar-refractivity contribution in [3.8, 4) is 0 Å². The molecule has 3 rings (SSSR count). The number of carbonyl (C=O) groups excluding carboxylic acids is 2. The first-order valence-corrected chi connectivity index (χ1v) is 9.00. The summed E-state index contributed by atoms with van der Waals surface area (Å²) in [6, 6.07) is 15.6. The summed E-state index contributed by atoms with van der Waals surface area (Å²) in [5.41, 5.74) is 4.36. The molecule has 0 saturated carbocycles. The molecule has 0 bridgehead atoms. The van der Waals surface area contributed by atoms with Gasteiger partial charge in [0.25, 0.3) is 0 Å². The SMILES string of the molecule is CC(C)c1ccc(NC(=O)CNC(=O)C2Cc3ccccc3CN2)cc1. The average molecular weight is 351 g/mol. The molecule has 2 amide bonds. The van der Waals surface area contributed by atoms with Gasteiger partial charge in [-0.3, -0.25) is 9.59 Å². The van der Waals surface area contributed by atoms with E-state index >= 15 is 0 Å². The number of amides is 2. The number of carbonyl (C=O) groups is 2. The minimum atomic E-state index is -0.303. The Morgan fingerprint density at radius 1 is 1.08 bits per heavy atom. The Morgan fingerprint density at radius 3 is 2.46 bits per heavy atom. The van der Waals surface area contributed by atoms with Crippen LogP contribution in [-0.2, 0) is 22.6 Å². The number of hydrogen-bond donors (Lipinski definition) is 3. The second-order valence-corrected chi connectivity index (χ2v) is 6.95. The Morgan fingerprint density at radius 2 is 1.77 bits per heavy atom. The Balaban J connectivity index is 1.48. The van der Waals surface area contributed by atoms with E-state index in [0.29, 0.717) is 18.9 Å². The molecule has 1 aliphatic heterocycles. The van der Waals surface area contributed by atoms with Crippen molar-refractivity contribution in [1.82, 2.24) is 10.6 Å². The molecular formula is C21H25N3O2. The first kappa shape index (κ1) is 18.1. The van der Waals surface area contributed by atoms with Gasteiger partial charge in [0, 0.05) is 12.2 Å². The third-order valence-electron chi connectivity index (χ3n) is 4.68. The van der Waals surface area contributed by atoms with Gasteiger partial charge in [0.15, 0.2) is 0 Å². The van der Waals surface area contributed by atoms with E-state index in [4.69, 9.17) is 0 Å². The van der Waals surface area contributed by atoms with Crippen LogP contribution in [0, 0.1) is 0 Å². The summed E-state index contributed by atoms with van der Waals surface area (Å²) in [5.74, 6) is 0.0730. The van der Waals surface area contributed by atoms with Gasteiger partial charge in [-0.2, -0.15) is 0 Å². The van der Waals surface area contributed by atoms with Gasteiger partial charge in [-0.15, -0.1) is 0 Å². The molecule has 0 spiro atoms. The summed E-state index contributed by atoms with van der Waals surface area (Å²) in [5, 5.41) is 8.75. The number of nitrogens with one attached hydrogen (secondary N) is 3. The molecule has 1 heterocycles. The van der Waals surface area contributed by atoms with Crippen LogP contribution >= 0.6 is 0 Å². The van der Waals surface area contributed by atoms with Crippen LogP contribution in [0.4, 0.5) is 5.69 Å². The van der Waals surface area contributed by atoms with Crippen LogP contribution in [-0.4, -0.2) is 24.4 Å². The molecule has 136 valence electrons. The van der Waals surface area contributed by atoms with Crippen molar-refractivity contribution in [1.29, 1.82) is 0 Å². The van der Waals surface area contributed by atoms with Crippen molar-refractivity contribution in [3.05, 3.63) is 65.2 Å². The predicted octanol–water partition coefficient (Wildman–Crippen LogP) is 2.58. The fraction of sp³-hybridized carbons (Fsp3) is 0.333. The van der Waals surface area contributed by atoms with E-state index in [1.54, 1.807) is 0 Å². The fourth-order valence-corrected chi connectivity index (χ4v) is 3.09. The predicted molar refractivity (Wildman–Crippen MR) is 103 cm³/mol. The van der Waals surface area contributed by atoms with Crippen LogP contribution in [0.5, 0.6) is 0 Å². The molecular weight excluding hydrogens is 326 g/mol. The second-order valence-electron chi connectivity index (χ2n) is 6.95. The van der Waals surface area contributed by atoms with Crippen molar-refractivity contribution in [3.63, 3.8) is 0 Å². The van der Waals surface area contributed by atoms with E-state index in [0.717, 1.165) is 5.69 Å². The molecule has 3 N–H and O–H groups in total. The summed E-state index contributed by atoms with van der Waals surface area (Å²) in [6.45, 7) is 4.88. The maximum Gasteiger partial charge on any atom is 0.243 e. The zero-order chi connectivity index (χ0) is 18.5. The lowest BCUT2D eigenvalue weighted by molar-refractivity contribution is -0.125. The highest BCUT2D eigenvalue weighted by Gasteiger charge is 2.23. The van der Waals surface area contributed by atoms with Gasteiger partial charge < -0.3 is 16.0 Å². The summed E-state index contributed by atoms with van der Waals surface area (Å²) >= 11 is 0. The lowest BCUT2D eigenvalue weighted by Gasteiger charge is -2.25. The summed E-state index contributed by atoms with van der Waals surface area (Å²) in [7, 11) is 0. The number of fused-ring (bicyclic) bond motifs is 1. The summed E-state index contributed by atoms with van der Waals surface area (Å²) in [4.78, 5) is 24.4. The van der Waals surface area contributed by atoms with Crippen LogP contribution in [0.2, 0.25) is 0 Å². The summed E-state index contributed by atoms with van der Waals surface area (Å²) < 4.78 is 0. The molecule has 5 nitrogen and oxygen atoms in total. The van der Waals surface area contributed by atoms with E-state index < -0.39 is 0 Å². The van der Waals surface area contributed by atoms with Crippen molar-refractivity contribution in [2.75, 3.05) is 11.9 Å². The summed E-state index contributed by atoms with van der Waals surface area (Å²) in [6.07, 6.45) is 0.639. The normalized spacial score (nSPS) is 16.0.